The van der Waals surface area contributed by atoms with Crippen LogP contribution in [0.15, 0.2) is 54.6 Å². The van der Waals surface area contributed by atoms with Gasteiger partial charge < -0.3 is 25.0 Å². The molecule has 0 aromatic heterocycles. The van der Waals surface area contributed by atoms with Gasteiger partial charge in [-0.05, 0) is 44.6 Å². The van der Waals surface area contributed by atoms with Crippen LogP contribution in [0.25, 0.3) is 0 Å². The largest absolute Gasteiger partial charge is 0.483 e. The van der Waals surface area contributed by atoms with E-state index in [1.54, 1.807) is 0 Å². The molecule has 156 valence electrons. The van der Waals surface area contributed by atoms with Crippen LogP contribution >= 0.6 is 0 Å². The summed E-state index contributed by atoms with van der Waals surface area (Å²) in [7, 11) is 2.17. The number of hydrogen-bond donors (Lipinski definition) is 1. The molecule has 1 aliphatic heterocycles. The minimum absolute atomic E-state index is 0.193. The second-order valence-corrected chi connectivity index (χ2v) is 7.76. The van der Waals surface area contributed by atoms with Gasteiger partial charge in [-0.3, -0.25) is 0 Å². The number of primary amides is 1. The van der Waals surface area contributed by atoms with Gasteiger partial charge in [-0.2, -0.15) is 0 Å². The lowest BCUT2D eigenvalue weighted by molar-refractivity contribution is 0.0500. The number of carbonyl (C=O) groups excluding carboxylic acids is 1. The molecule has 2 aromatic rings. The predicted octanol–water partition coefficient (Wildman–Crippen LogP) is 3.61. The van der Waals surface area contributed by atoms with Gasteiger partial charge in [0, 0.05) is 37.8 Å². The molecule has 6 heteroatoms. The van der Waals surface area contributed by atoms with E-state index in [2.05, 4.69) is 29.0 Å². The number of nitrogens with zero attached hydrogens (tertiary/aromatic N) is 2. The first kappa shape index (κ1) is 21.0. The lowest BCUT2D eigenvalue weighted by Crippen LogP contribution is -2.32. The van der Waals surface area contributed by atoms with Crippen molar-refractivity contribution in [3.05, 3.63) is 60.2 Å². The molecule has 1 atom stereocenters. The molecule has 6 nitrogen and oxygen atoms in total. The van der Waals surface area contributed by atoms with Crippen molar-refractivity contribution in [2.24, 2.45) is 5.73 Å². The molecule has 1 heterocycles. The molecule has 2 aromatic carbocycles. The van der Waals surface area contributed by atoms with E-state index >= 15 is 0 Å². The monoisotopic (exact) mass is 397 g/mol. The van der Waals surface area contributed by atoms with Crippen molar-refractivity contribution in [2.75, 3.05) is 44.7 Å². The normalized spacial score (nSPS) is 17.2. The van der Waals surface area contributed by atoms with Crippen LogP contribution in [-0.4, -0.2) is 50.8 Å². The van der Waals surface area contributed by atoms with E-state index < -0.39 is 11.7 Å². The summed E-state index contributed by atoms with van der Waals surface area (Å²) in [4.78, 5) is 15.8. The topological polar surface area (TPSA) is 68.0 Å². The number of rotatable bonds is 7. The van der Waals surface area contributed by atoms with Crippen LogP contribution in [0.5, 0.6) is 5.75 Å². The maximum Gasteiger partial charge on any atom is 0.404 e. The highest BCUT2D eigenvalue weighted by molar-refractivity contribution is 5.64. The fraction of sp³-hybridized carbons (Fsp3) is 0.435. The second-order valence-electron chi connectivity index (χ2n) is 7.76. The zero-order chi connectivity index (χ0) is 20.7. The van der Waals surface area contributed by atoms with Crippen molar-refractivity contribution >= 4 is 11.8 Å². The number of amides is 1. The minimum atomic E-state index is -0.770. The highest BCUT2D eigenvalue weighted by atomic mass is 16.5. The zero-order valence-electron chi connectivity index (χ0n) is 17.3. The van der Waals surface area contributed by atoms with E-state index in [4.69, 9.17) is 15.2 Å². The quantitative estimate of drug-likeness (QED) is 0.773. The van der Waals surface area contributed by atoms with Gasteiger partial charge in [-0.1, -0.05) is 36.4 Å². The first-order valence-electron chi connectivity index (χ1n) is 10.2. The van der Waals surface area contributed by atoms with E-state index in [-0.39, 0.29) is 6.61 Å². The van der Waals surface area contributed by atoms with E-state index in [0.717, 1.165) is 43.9 Å². The molecule has 1 saturated heterocycles. The van der Waals surface area contributed by atoms with E-state index in [1.807, 2.05) is 49.4 Å². The van der Waals surface area contributed by atoms with Crippen LogP contribution in [-0.2, 0) is 10.3 Å². The summed E-state index contributed by atoms with van der Waals surface area (Å²) in [6.07, 6.45) is 0.875. The SMILES string of the molecule is CN1CCCN(c2cccc(OC(C)(CCOC(N)=O)c3ccccc3)c2)CC1. The third kappa shape index (κ3) is 5.87. The molecule has 0 aliphatic carbocycles. The Kier molecular flexibility index (Phi) is 6.99. The van der Waals surface area contributed by atoms with Gasteiger partial charge >= 0.3 is 6.09 Å². The third-order valence-electron chi connectivity index (χ3n) is 5.45. The number of benzene rings is 2. The molecule has 1 amide bonds. The van der Waals surface area contributed by atoms with Crippen molar-refractivity contribution in [2.45, 2.75) is 25.4 Å². The fourth-order valence-corrected chi connectivity index (χ4v) is 3.70. The fourth-order valence-electron chi connectivity index (χ4n) is 3.70. The summed E-state index contributed by atoms with van der Waals surface area (Å²) in [5, 5.41) is 0. The Morgan fingerprint density at radius 1 is 1.07 bits per heavy atom. The average Bonchev–Trinajstić information content (AvgIpc) is 2.93. The average molecular weight is 398 g/mol. The van der Waals surface area contributed by atoms with Crippen LogP contribution in [0.3, 0.4) is 0 Å². The Balaban J connectivity index is 1.79. The molecule has 0 spiro atoms. The summed E-state index contributed by atoms with van der Waals surface area (Å²) in [5.74, 6) is 0.797. The number of carbonyl (C=O) groups is 1. The molecule has 3 rings (SSSR count). The Hall–Kier alpha value is -2.73. The van der Waals surface area contributed by atoms with E-state index in [1.165, 1.54) is 5.69 Å². The number of anilines is 1. The highest BCUT2D eigenvalue weighted by Gasteiger charge is 2.29. The van der Waals surface area contributed by atoms with Crippen LogP contribution in [0.4, 0.5) is 10.5 Å². The van der Waals surface area contributed by atoms with Crippen LogP contribution in [0.1, 0.15) is 25.3 Å². The minimum Gasteiger partial charge on any atom is -0.483 e. The maximum atomic E-state index is 11.0. The summed E-state index contributed by atoms with van der Waals surface area (Å²) in [6, 6.07) is 18.2. The van der Waals surface area contributed by atoms with E-state index in [9.17, 15) is 4.79 Å². The molecule has 29 heavy (non-hydrogen) atoms. The molecule has 0 saturated carbocycles. The molecule has 2 N–H and O–H groups in total. The summed E-state index contributed by atoms with van der Waals surface area (Å²) >= 11 is 0. The van der Waals surface area contributed by atoms with Gasteiger partial charge in [0.2, 0.25) is 0 Å². The maximum absolute atomic E-state index is 11.0. The number of likely N-dealkylation sites (N-methyl/N-ethyl adjacent to an activating group) is 1. The third-order valence-corrected chi connectivity index (χ3v) is 5.45. The number of hydrogen-bond acceptors (Lipinski definition) is 5. The smallest absolute Gasteiger partial charge is 0.404 e. The predicted molar refractivity (Wildman–Crippen MR) is 115 cm³/mol. The summed E-state index contributed by atoms with van der Waals surface area (Å²) in [6.45, 7) is 6.42. The van der Waals surface area contributed by atoms with Gasteiger partial charge in [-0.15, -0.1) is 0 Å². The van der Waals surface area contributed by atoms with Gasteiger partial charge in [0.05, 0.1) is 6.61 Å². The lowest BCUT2D eigenvalue weighted by atomic mass is 9.92. The molecule has 1 unspecified atom stereocenters. The van der Waals surface area contributed by atoms with Crippen molar-refractivity contribution in [3.8, 4) is 5.75 Å². The van der Waals surface area contributed by atoms with Crippen molar-refractivity contribution < 1.29 is 14.3 Å². The molecule has 1 fully saturated rings. The number of ether oxygens (including phenoxy) is 2. The van der Waals surface area contributed by atoms with Crippen LogP contribution in [0, 0.1) is 0 Å². The number of nitrogens with two attached hydrogens (primary N) is 1. The van der Waals surface area contributed by atoms with Gasteiger partial charge in [-0.25, -0.2) is 4.79 Å². The standard InChI is InChI=1S/C23H31N3O3/c1-23(12-17-28-22(24)27,19-8-4-3-5-9-19)29-21-11-6-10-20(18-21)26-14-7-13-25(2)15-16-26/h3-6,8-11,18H,7,12-17H2,1-2H3,(H2,24,27). The van der Waals surface area contributed by atoms with Crippen LogP contribution in [0.2, 0.25) is 0 Å². The van der Waals surface area contributed by atoms with Crippen molar-refractivity contribution in [1.29, 1.82) is 0 Å². The highest BCUT2D eigenvalue weighted by Crippen LogP contribution is 2.33. The Bertz CT molecular complexity index is 799. The zero-order valence-corrected chi connectivity index (χ0v) is 17.3. The van der Waals surface area contributed by atoms with Crippen molar-refractivity contribution in [3.63, 3.8) is 0 Å². The van der Waals surface area contributed by atoms with Crippen LogP contribution < -0.4 is 15.4 Å². The Morgan fingerprint density at radius 2 is 1.86 bits per heavy atom. The Labute approximate surface area is 173 Å². The van der Waals surface area contributed by atoms with Gasteiger partial charge in [0.15, 0.2) is 0 Å². The van der Waals surface area contributed by atoms with Gasteiger partial charge in [0.1, 0.15) is 11.4 Å². The summed E-state index contributed by atoms with van der Waals surface area (Å²) in [5.41, 5.74) is 6.67. The summed E-state index contributed by atoms with van der Waals surface area (Å²) < 4.78 is 11.5. The lowest BCUT2D eigenvalue weighted by Gasteiger charge is -2.32. The van der Waals surface area contributed by atoms with Gasteiger partial charge in [0.25, 0.3) is 0 Å². The molecule has 0 bridgehead atoms. The second kappa shape index (κ2) is 9.65. The molecule has 1 aliphatic rings. The first-order chi connectivity index (χ1) is 14.0. The van der Waals surface area contributed by atoms with E-state index in [0.29, 0.717) is 6.42 Å². The first-order valence-corrected chi connectivity index (χ1v) is 10.2. The Morgan fingerprint density at radius 3 is 2.62 bits per heavy atom. The molecular weight excluding hydrogens is 366 g/mol. The van der Waals surface area contributed by atoms with Crippen molar-refractivity contribution in [1.82, 2.24) is 4.90 Å². The molecular formula is C23H31N3O3. The molecule has 0 radical (unpaired) electrons.